The molecule has 0 amide bonds. The van der Waals surface area contributed by atoms with Gasteiger partial charge in [0, 0.05) is 6.61 Å². The Morgan fingerprint density at radius 1 is 0.889 bits per heavy atom. The molecule has 0 saturated heterocycles. The second-order valence-electron chi connectivity index (χ2n) is 6.19. The second-order valence-corrected chi connectivity index (χ2v) is 6.19. The Morgan fingerprint density at radius 2 is 1.44 bits per heavy atom. The average molecular weight is 250 g/mol. The summed E-state index contributed by atoms with van der Waals surface area (Å²) in [5, 5.41) is 0. The summed E-state index contributed by atoms with van der Waals surface area (Å²) in [5.74, 6) is 2.91. The molecule has 18 heavy (non-hydrogen) atoms. The summed E-state index contributed by atoms with van der Waals surface area (Å²) in [5.41, 5.74) is 0. The lowest BCUT2D eigenvalue weighted by atomic mass is 9.70. The lowest BCUT2D eigenvalue weighted by molar-refractivity contribution is 0.0142. The fraction of sp³-hybridized carbons (Fsp3) is 0.882. The predicted octanol–water partition coefficient (Wildman–Crippen LogP) is 4.96. The maximum atomic E-state index is 5.76. The number of hydrogen-bond donors (Lipinski definition) is 0. The van der Waals surface area contributed by atoms with E-state index in [9.17, 15) is 0 Å². The Labute approximate surface area is 113 Å². The minimum Gasteiger partial charge on any atom is -0.379 e. The standard InChI is InChI=1S/C17H30O/c1-3-5-14-6-8-15(9-7-14)16-10-12-17(13-11-16)18-4-2/h3,5,14-17H,4,6-13H2,1-2H3. The summed E-state index contributed by atoms with van der Waals surface area (Å²) >= 11 is 0. The number of rotatable bonds is 4. The molecule has 2 aliphatic carbocycles. The molecule has 1 heteroatoms. The lowest BCUT2D eigenvalue weighted by Gasteiger charge is -2.37. The van der Waals surface area contributed by atoms with Crippen LogP contribution < -0.4 is 0 Å². The number of allylic oxidation sites excluding steroid dienone is 2. The molecule has 0 aromatic rings. The normalized spacial score (nSPS) is 38.1. The van der Waals surface area contributed by atoms with E-state index in [2.05, 4.69) is 26.0 Å². The fourth-order valence-electron chi connectivity index (χ4n) is 4.04. The van der Waals surface area contributed by atoms with Gasteiger partial charge in [0.2, 0.25) is 0 Å². The van der Waals surface area contributed by atoms with Crippen molar-refractivity contribution in [2.24, 2.45) is 17.8 Å². The van der Waals surface area contributed by atoms with Crippen molar-refractivity contribution < 1.29 is 4.74 Å². The van der Waals surface area contributed by atoms with Gasteiger partial charge in [-0.25, -0.2) is 0 Å². The largest absolute Gasteiger partial charge is 0.379 e. The van der Waals surface area contributed by atoms with E-state index in [1.54, 1.807) is 0 Å². The Balaban J connectivity index is 1.71. The molecule has 0 atom stereocenters. The molecule has 0 spiro atoms. The third kappa shape index (κ3) is 3.85. The van der Waals surface area contributed by atoms with Crippen LogP contribution in [-0.4, -0.2) is 12.7 Å². The molecule has 0 aliphatic heterocycles. The van der Waals surface area contributed by atoms with E-state index < -0.39 is 0 Å². The quantitative estimate of drug-likeness (QED) is 0.640. The van der Waals surface area contributed by atoms with Gasteiger partial charge >= 0.3 is 0 Å². The summed E-state index contributed by atoms with van der Waals surface area (Å²) < 4.78 is 5.76. The van der Waals surface area contributed by atoms with Gasteiger partial charge in [0.15, 0.2) is 0 Å². The summed E-state index contributed by atoms with van der Waals surface area (Å²) in [6.45, 7) is 5.17. The smallest absolute Gasteiger partial charge is 0.0575 e. The zero-order valence-corrected chi connectivity index (χ0v) is 12.2. The van der Waals surface area contributed by atoms with Gasteiger partial charge in [0.05, 0.1) is 6.10 Å². The first-order valence-corrected chi connectivity index (χ1v) is 8.07. The maximum absolute atomic E-state index is 5.76. The zero-order valence-electron chi connectivity index (χ0n) is 12.2. The van der Waals surface area contributed by atoms with E-state index in [0.29, 0.717) is 6.10 Å². The average Bonchev–Trinajstić information content (AvgIpc) is 2.41. The third-order valence-electron chi connectivity index (χ3n) is 5.07. The molecule has 0 unspecified atom stereocenters. The SMILES string of the molecule is CC=CC1CCC(C2CCC(OCC)CC2)CC1. The molecule has 1 nitrogen and oxygen atoms in total. The lowest BCUT2D eigenvalue weighted by Crippen LogP contribution is -2.28. The van der Waals surface area contributed by atoms with Crippen LogP contribution in [0.5, 0.6) is 0 Å². The molecule has 0 heterocycles. The topological polar surface area (TPSA) is 9.23 Å². The first kappa shape index (κ1) is 14.1. The Morgan fingerprint density at radius 3 is 1.94 bits per heavy atom. The minimum atomic E-state index is 0.575. The second kappa shape index (κ2) is 7.33. The summed E-state index contributed by atoms with van der Waals surface area (Å²) in [6.07, 6.45) is 16.5. The van der Waals surface area contributed by atoms with Crippen LogP contribution in [0, 0.1) is 17.8 Å². The highest BCUT2D eigenvalue weighted by molar-refractivity contribution is 4.90. The van der Waals surface area contributed by atoms with Gasteiger partial charge in [-0.3, -0.25) is 0 Å². The van der Waals surface area contributed by atoms with Crippen LogP contribution in [-0.2, 0) is 4.74 Å². The molecular weight excluding hydrogens is 220 g/mol. The van der Waals surface area contributed by atoms with E-state index >= 15 is 0 Å². The maximum Gasteiger partial charge on any atom is 0.0575 e. The monoisotopic (exact) mass is 250 g/mol. The number of hydrogen-bond acceptors (Lipinski definition) is 1. The highest BCUT2D eigenvalue weighted by Gasteiger charge is 2.30. The molecule has 2 saturated carbocycles. The van der Waals surface area contributed by atoms with Crippen LogP contribution in [0.1, 0.15) is 65.2 Å². The molecule has 104 valence electrons. The first-order valence-electron chi connectivity index (χ1n) is 8.07. The van der Waals surface area contributed by atoms with E-state index in [-0.39, 0.29) is 0 Å². The fourth-order valence-corrected chi connectivity index (χ4v) is 4.04. The summed E-state index contributed by atoms with van der Waals surface area (Å²) in [6, 6.07) is 0. The van der Waals surface area contributed by atoms with Gasteiger partial charge < -0.3 is 4.74 Å². The summed E-state index contributed by atoms with van der Waals surface area (Å²) in [4.78, 5) is 0. The molecule has 0 N–H and O–H groups in total. The molecule has 0 bridgehead atoms. The Hall–Kier alpha value is -0.300. The van der Waals surface area contributed by atoms with Gasteiger partial charge in [0.1, 0.15) is 0 Å². The van der Waals surface area contributed by atoms with Gasteiger partial charge in [-0.1, -0.05) is 12.2 Å². The first-order chi connectivity index (χ1) is 8.83. The van der Waals surface area contributed by atoms with E-state index in [1.807, 2.05) is 0 Å². The van der Waals surface area contributed by atoms with Crippen molar-refractivity contribution >= 4 is 0 Å². The summed E-state index contributed by atoms with van der Waals surface area (Å²) in [7, 11) is 0. The van der Waals surface area contributed by atoms with Crippen LogP contribution in [0.25, 0.3) is 0 Å². The van der Waals surface area contributed by atoms with Crippen LogP contribution in [0.2, 0.25) is 0 Å². The van der Waals surface area contributed by atoms with Crippen LogP contribution in [0.4, 0.5) is 0 Å². The molecule has 0 radical (unpaired) electrons. The molecular formula is C17H30O. The molecule has 2 aliphatic rings. The minimum absolute atomic E-state index is 0.575. The molecule has 2 fully saturated rings. The van der Waals surface area contributed by atoms with Crippen molar-refractivity contribution in [1.82, 2.24) is 0 Å². The Bertz CT molecular complexity index is 242. The van der Waals surface area contributed by atoms with Crippen molar-refractivity contribution in [3.8, 4) is 0 Å². The van der Waals surface area contributed by atoms with Crippen molar-refractivity contribution in [2.75, 3.05) is 6.61 Å². The third-order valence-corrected chi connectivity index (χ3v) is 5.07. The molecule has 0 aromatic heterocycles. The number of ether oxygens (including phenoxy) is 1. The van der Waals surface area contributed by atoms with Gasteiger partial charge in [-0.05, 0) is 83.0 Å². The van der Waals surface area contributed by atoms with E-state index in [1.165, 1.54) is 51.4 Å². The van der Waals surface area contributed by atoms with Gasteiger partial charge in [-0.15, -0.1) is 0 Å². The van der Waals surface area contributed by atoms with Crippen molar-refractivity contribution in [1.29, 1.82) is 0 Å². The highest BCUT2D eigenvalue weighted by atomic mass is 16.5. The molecule has 0 aromatic carbocycles. The molecule has 2 rings (SSSR count). The van der Waals surface area contributed by atoms with Gasteiger partial charge in [0.25, 0.3) is 0 Å². The van der Waals surface area contributed by atoms with Crippen molar-refractivity contribution in [3.05, 3.63) is 12.2 Å². The van der Waals surface area contributed by atoms with E-state index in [0.717, 1.165) is 24.4 Å². The highest BCUT2D eigenvalue weighted by Crippen LogP contribution is 2.40. The van der Waals surface area contributed by atoms with E-state index in [4.69, 9.17) is 4.74 Å². The van der Waals surface area contributed by atoms with Crippen LogP contribution in [0.15, 0.2) is 12.2 Å². The zero-order chi connectivity index (χ0) is 12.8. The van der Waals surface area contributed by atoms with Gasteiger partial charge in [-0.2, -0.15) is 0 Å². The van der Waals surface area contributed by atoms with Crippen LogP contribution in [0.3, 0.4) is 0 Å². The van der Waals surface area contributed by atoms with Crippen LogP contribution >= 0.6 is 0 Å². The van der Waals surface area contributed by atoms with Crippen molar-refractivity contribution in [3.63, 3.8) is 0 Å². The Kier molecular flexibility index (Phi) is 5.75. The van der Waals surface area contributed by atoms with Crippen molar-refractivity contribution in [2.45, 2.75) is 71.3 Å². The predicted molar refractivity (Wildman–Crippen MR) is 77.6 cm³/mol.